The van der Waals surface area contributed by atoms with Gasteiger partial charge in [0, 0.05) is 0 Å². The predicted octanol–water partition coefficient (Wildman–Crippen LogP) is 2.56. The number of aromatic nitrogens is 2. The van der Waals surface area contributed by atoms with E-state index in [1.165, 1.54) is 6.33 Å². The summed E-state index contributed by atoms with van der Waals surface area (Å²) < 4.78 is 11.2. The Hall–Kier alpha value is -2.30. The fraction of sp³-hybridized carbons (Fsp3) is 0.231. The number of nitrogen functional groups attached to an aromatic ring is 1. The summed E-state index contributed by atoms with van der Waals surface area (Å²) in [6, 6.07) is 7.43. The van der Waals surface area contributed by atoms with Gasteiger partial charge in [-0.1, -0.05) is 12.1 Å². The van der Waals surface area contributed by atoms with E-state index < -0.39 is 0 Å². The third kappa shape index (κ3) is 2.51. The Morgan fingerprint density at radius 2 is 1.89 bits per heavy atom. The second kappa shape index (κ2) is 5.35. The van der Waals surface area contributed by atoms with E-state index in [1.807, 2.05) is 38.1 Å². The van der Waals surface area contributed by atoms with Crippen molar-refractivity contribution in [1.82, 2.24) is 9.97 Å². The van der Waals surface area contributed by atoms with Gasteiger partial charge in [-0.2, -0.15) is 0 Å². The van der Waals surface area contributed by atoms with Crippen LogP contribution in [0.4, 0.5) is 5.82 Å². The maximum absolute atomic E-state index is 5.72. The molecule has 0 aliphatic rings. The molecule has 0 aliphatic carbocycles. The van der Waals surface area contributed by atoms with E-state index in [0.717, 1.165) is 0 Å². The molecular formula is C13H15N3O2. The molecule has 0 fully saturated rings. The van der Waals surface area contributed by atoms with Gasteiger partial charge in [-0.25, -0.2) is 9.97 Å². The fourth-order valence-corrected chi connectivity index (χ4v) is 1.46. The maximum atomic E-state index is 5.72. The Bertz CT molecular complexity index is 544. The van der Waals surface area contributed by atoms with E-state index in [4.69, 9.17) is 15.2 Å². The lowest BCUT2D eigenvalue weighted by Gasteiger charge is -2.12. The summed E-state index contributed by atoms with van der Waals surface area (Å²) in [6.07, 6.45) is 1.38. The number of nitrogens with two attached hydrogens (primary N) is 1. The zero-order valence-corrected chi connectivity index (χ0v) is 10.4. The number of rotatable bonds is 4. The average molecular weight is 245 g/mol. The summed E-state index contributed by atoms with van der Waals surface area (Å²) in [4.78, 5) is 7.96. The largest absolute Gasteiger partial charge is 0.490 e. The lowest BCUT2D eigenvalue weighted by molar-refractivity contribution is 0.319. The van der Waals surface area contributed by atoms with E-state index in [1.54, 1.807) is 0 Å². The average Bonchev–Trinajstić information content (AvgIpc) is 2.37. The number of para-hydroxylation sites is 2. The molecule has 1 aromatic heterocycles. The van der Waals surface area contributed by atoms with Crippen molar-refractivity contribution < 1.29 is 9.47 Å². The van der Waals surface area contributed by atoms with Crippen molar-refractivity contribution >= 4 is 5.82 Å². The highest BCUT2D eigenvalue weighted by atomic mass is 16.5. The van der Waals surface area contributed by atoms with Crippen LogP contribution in [0.25, 0.3) is 0 Å². The highest BCUT2D eigenvalue weighted by molar-refractivity contribution is 5.47. The minimum Gasteiger partial charge on any atom is -0.490 e. The van der Waals surface area contributed by atoms with Crippen molar-refractivity contribution in [2.75, 3.05) is 12.3 Å². The first-order chi connectivity index (χ1) is 8.72. The normalized spacial score (nSPS) is 10.1. The Kier molecular flexibility index (Phi) is 3.62. The smallest absolute Gasteiger partial charge is 0.227 e. The Morgan fingerprint density at radius 3 is 2.61 bits per heavy atom. The molecule has 0 saturated carbocycles. The van der Waals surface area contributed by atoms with Gasteiger partial charge in [-0.15, -0.1) is 0 Å². The molecule has 5 heteroatoms. The summed E-state index contributed by atoms with van der Waals surface area (Å²) in [5, 5.41) is 0. The molecule has 2 aromatic rings. The molecule has 0 radical (unpaired) electrons. The maximum Gasteiger partial charge on any atom is 0.227 e. The lowest BCUT2D eigenvalue weighted by atomic mass is 10.3. The third-order valence-corrected chi connectivity index (χ3v) is 2.43. The molecule has 2 N–H and O–H groups in total. The van der Waals surface area contributed by atoms with Crippen molar-refractivity contribution in [1.29, 1.82) is 0 Å². The topological polar surface area (TPSA) is 70.3 Å². The highest BCUT2D eigenvalue weighted by Gasteiger charge is 2.10. The minimum absolute atomic E-state index is 0.411. The molecule has 0 unspecified atom stereocenters. The van der Waals surface area contributed by atoms with Gasteiger partial charge in [0.1, 0.15) is 12.1 Å². The zero-order valence-electron chi connectivity index (χ0n) is 10.4. The van der Waals surface area contributed by atoms with E-state index in [-0.39, 0.29) is 0 Å². The highest BCUT2D eigenvalue weighted by Crippen LogP contribution is 2.32. The molecule has 0 spiro atoms. The molecule has 0 amide bonds. The van der Waals surface area contributed by atoms with E-state index >= 15 is 0 Å². The standard InChI is InChI=1S/C13H15N3O2/c1-3-17-10-6-4-5-7-11(10)18-13-9(2)12(14)15-8-16-13/h4-8H,3H2,1-2H3,(H2,14,15,16). The monoisotopic (exact) mass is 245 g/mol. The first-order valence-corrected chi connectivity index (χ1v) is 5.69. The van der Waals surface area contributed by atoms with Crippen LogP contribution < -0.4 is 15.2 Å². The number of ether oxygens (including phenoxy) is 2. The van der Waals surface area contributed by atoms with Gasteiger partial charge < -0.3 is 15.2 Å². The van der Waals surface area contributed by atoms with Crippen LogP contribution in [0.15, 0.2) is 30.6 Å². The molecule has 2 rings (SSSR count). The quantitative estimate of drug-likeness (QED) is 0.896. The van der Waals surface area contributed by atoms with Gasteiger partial charge in [0.15, 0.2) is 11.5 Å². The van der Waals surface area contributed by atoms with Crippen LogP contribution in [0.2, 0.25) is 0 Å². The van der Waals surface area contributed by atoms with Gasteiger partial charge >= 0.3 is 0 Å². The second-order valence-electron chi connectivity index (χ2n) is 3.67. The van der Waals surface area contributed by atoms with Crippen molar-refractivity contribution in [3.05, 3.63) is 36.2 Å². The summed E-state index contributed by atoms with van der Waals surface area (Å²) in [7, 11) is 0. The van der Waals surface area contributed by atoms with Crippen molar-refractivity contribution in [2.24, 2.45) is 0 Å². The predicted molar refractivity (Wildman–Crippen MR) is 68.9 cm³/mol. The van der Waals surface area contributed by atoms with Crippen LogP contribution in [-0.2, 0) is 0 Å². The van der Waals surface area contributed by atoms with Gasteiger partial charge in [-0.3, -0.25) is 0 Å². The Balaban J connectivity index is 2.31. The van der Waals surface area contributed by atoms with Crippen molar-refractivity contribution in [3.8, 4) is 17.4 Å². The van der Waals surface area contributed by atoms with Crippen molar-refractivity contribution in [3.63, 3.8) is 0 Å². The third-order valence-electron chi connectivity index (χ3n) is 2.43. The lowest BCUT2D eigenvalue weighted by Crippen LogP contribution is -2.00. The van der Waals surface area contributed by atoms with Crippen molar-refractivity contribution in [2.45, 2.75) is 13.8 Å². The Labute approximate surface area is 106 Å². The zero-order chi connectivity index (χ0) is 13.0. The van der Waals surface area contributed by atoms with Gasteiger partial charge in [0.25, 0.3) is 0 Å². The van der Waals surface area contributed by atoms with Gasteiger partial charge in [0.2, 0.25) is 5.88 Å². The number of hydrogen-bond acceptors (Lipinski definition) is 5. The SMILES string of the molecule is CCOc1ccccc1Oc1ncnc(N)c1C. The Morgan fingerprint density at radius 1 is 1.17 bits per heavy atom. The van der Waals surface area contributed by atoms with Crippen LogP contribution >= 0.6 is 0 Å². The van der Waals surface area contributed by atoms with Crippen LogP contribution in [-0.4, -0.2) is 16.6 Å². The van der Waals surface area contributed by atoms with Crippen LogP contribution in [0, 0.1) is 6.92 Å². The molecule has 1 heterocycles. The van der Waals surface area contributed by atoms with E-state index in [2.05, 4.69) is 9.97 Å². The molecule has 0 saturated heterocycles. The van der Waals surface area contributed by atoms with Crippen LogP contribution in [0.3, 0.4) is 0 Å². The first kappa shape index (κ1) is 12.2. The fourth-order valence-electron chi connectivity index (χ4n) is 1.46. The molecule has 5 nitrogen and oxygen atoms in total. The minimum atomic E-state index is 0.411. The van der Waals surface area contributed by atoms with E-state index in [0.29, 0.717) is 35.4 Å². The molecule has 94 valence electrons. The number of nitrogens with zero attached hydrogens (tertiary/aromatic N) is 2. The van der Waals surface area contributed by atoms with Gasteiger partial charge in [-0.05, 0) is 26.0 Å². The van der Waals surface area contributed by atoms with Crippen LogP contribution in [0.5, 0.6) is 17.4 Å². The number of benzene rings is 1. The molecule has 0 bridgehead atoms. The number of anilines is 1. The molecule has 0 atom stereocenters. The molecule has 18 heavy (non-hydrogen) atoms. The summed E-state index contributed by atoms with van der Waals surface area (Å²) in [5.74, 6) is 2.14. The molecular weight excluding hydrogens is 230 g/mol. The molecule has 1 aromatic carbocycles. The summed E-state index contributed by atoms with van der Waals surface area (Å²) in [5.41, 5.74) is 6.42. The summed E-state index contributed by atoms with van der Waals surface area (Å²) in [6.45, 7) is 4.31. The number of hydrogen-bond donors (Lipinski definition) is 1. The second-order valence-corrected chi connectivity index (χ2v) is 3.67. The molecule has 0 aliphatic heterocycles. The van der Waals surface area contributed by atoms with E-state index in [9.17, 15) is 0 Å². The van der Waals surface area contributed by atoms with Gasteiger partial charge in [0.05, 0.1) is 12.2 Å². The van der Waals surface area contributed by atoms with Crippen LogP contribution in [0.1, 0.15) is 12.5 Å². The summed E-state index contributed by atoms with van der Waals surface area (Å²) >= 11 is 0. The first-order valence-electron chi connectivity index (χ1n) is 5.69.